The van der Waals surface area contributed by atoms with Gasteiger partial charge in [-0.1, -0.05) is 19.9 Å². The first-order chi connectivity index (χ1) is 9.02. The Hall–Kier alpha value is -1.42. The highest BCUT2D eigenvalue weighted by Crippen LogP contribution is 2.12. The standard InChI is InChI=1S/C15H21FN2O/c1-11-6-12(2)9-18(8-11)10-15(19)17-14-5-3-4-13(16)7-14/h3-5,7,11-12H,6,8-10H2,1-2H3,(H,17,19)/p+1/t11-,12-/m1/s1. The van der Waals surface area contributed by atoms with Gasteiger partial charge in [0.05, 0.1) is 13.1 Å². The maximum Gasteiger partial charge on any atom is 0.279 e. The number of amides is 1. The topological polar surface area (TPSA) is 33.5 Å². The largest absolute Gasteiger partial charge is 0.327 e. The van der Waals surface area contributed by atoms with E-state index in [2.05, 4.69) is 19.2 Å². The van der Waals surface area contributed by atoms with E-state index in [1.807, 2.05) is 0 Å². The van der Waals surface area contributed by atoms with Gasteiger partial charge in [-0.3, -0.25) is 4.79 Å². The normalized spacial score (nSPS) is 27.0. The number of rotatable bonds is 3. The number of carbonyl (C=O) groups excluding carboxylic acids is 1. The minimum atomic E-state index is -0.328. The lowest BCUT2D eigenvalue weighted by Gasteiger charge is -2.31. The SMILES string of the molecule is C[C@@H]1C[C@@H](C)C[NH+](CC(=O)Nc2cccc(F)c2)C1. The molecule has 104 valence electrons. The van der Waals surface area contributed by atoms with E-state index in [1.165, 1.54) is 23.5 Å². The van der Waals surface area contributed by atoms with E-state index >= 15 is 0 Å². The molecule has 0 spiro atoms. The molecule has 19 heavy (non-hydrogen) atoms. The van der Waals surface area contributed by atoms with Gasteiger partial charge in [-0.2, -0.15) is 0 Å². The molecule has 0 unspecified atom stereocenters. The lowest BCUT2D eigenvalue weighted by molar-refractivity contribution is -0.904. The molecule has 1 heterocycles. The number of nitrogens with one attached hydrogen (secondary N) is 2. The summed E-state index contributed by atoms with van der Waals surface area (Å²) >= 11 is 0. The van der Waals surface area contributed by atoms with Crippen LogP contribution in [0.4, 0.5) is 10.1 Å². The van der Waals surface area contributed by atoms with Gasteiger partial charge in [0, 0.05) is 17.5 Å². The van der Waals surface area contributed by atoms with Crippen LogP contribution < -0.4 is 10.2 Å². The molecule has 1 aliphatic heterocycles. The fourth-order valence-corrected chi connectivity index (χ4v) is 3.07. The van der Waals surface area contributed by atoms with Crippen molar-refractivity contribution in [1.82, 2.24) is 0 Å². The lowest BCUT2D eigenvalue weighted by atomic mass is 9.92. The quantitative estimate of drug-likeness (QED) is 0.849. The van der Waals surface area contributed by atoms with Gasteiger partial charge in [0.15, 0.2) is 6.54 Å². The molecule has 0 bridgehead atoms. The molecule has 3 nitrogen and oxygen atoms in total. The summed E-state index contributed by atoms with van der Waals surface area (Å²) in [6.45, 7) is 7.02. The molecular formula is C15H22FN2O+. The molecule has 1 saturated heterocycles. The van der Waals surface area contributed by atoms with Crippen LogP contribution in [0.5, 0.6) is 0 Å². The van der Waals surface area contributed by atoms with Crippen molar-refractivity contribution in [3.05, 3.63) is 30.1 Å². The van der Waals surface area contributed by atoms with E-state index in [-0.39, 0.29) is 11.7 Å². The van der Waals surface area contributed by atoms with Crippen LogP contribution in [0.25, 0.3) is 0 Å². The number of likely N-dealkylation sites (tertiary alicyclic amines) is 1. The Balaban J connectivity index is 1.87. The second kappa shape index (κ2) is 6.15. The molecule has 4 heteroatoms. The summed E-state index contributed by atoms with van der Waals surface area (Å²) in [7, 11) is 0. The van der Waals surface area contributed by atoms with Crippen molar-refractivity contribution in [3.63, 3.8) is 0 Å². The molecular weight excluding hydrogens is 243 g/mol. The van der Waals surface area contributed by atoms with Gasteiger partial charge in [-0.15, -0.1) is 0 Å². The van der Waals surface area contributed by atoms with Crippen LogP contribution in [0.2, 0.25) is 0 Å². The van der Waals surface area contributed by atoms with Crippen molar-refractivity contribution in [3.8, 4) is 0 Å². The number of quaternary nitrogens is 1. The molecule has 0 aliphatic carbocycles. The van der Waals surface area contributed by atoms with E-state index < -0.39 is 0 Å². The van der Waals surface area contributed by atoms with Gasteiger partial charge in [-0.25, -0.2) is 4.39 Å². The van der Waals surface area contributed by atoms with Crippen molar-refractivity contribution >= 4 is 11.6 Å². The molecule has 1 aromatic rings. The van der Waals surface area contributed by atoms with Crippen LogP contribution in [0.1, 0.15) is 20.3 Å². The fourth-order valence-electron chi connectivity index (χ4n) is 3.07. The summed E-state index contributed by atoms with van der Waals surface area (Å²) < 4.78 is 13.0. The first-order valence-corrected chi connectivity index (χ1v) is 6.92. The van der Waals surface area contributed by atoms with Crippen LogP contribution in [-0.4, -0.2) is 25.5 Å². The number of piperidine rings is 1. The Morgan fingerprint density at radius 1 is 1.37 bits per heavy atom. The zero-order chi connectivity index (χ0) is 13.8. The zero-order valence-corrected chi connectivity index (χ0v) is 11.6. The van der Waals surface area contributed by atoms with Gasteiger partial charge < -0.3 is 10.2 Å². The van der Waals surface area contributed by atoms with Gasteiger partial charge in [0.2, 0.25) is 0 Å². The third-order valence-corrected chi connectivity index (χ3v) is 3.60. The van der Waals surface area contributed by atoms with Crippen LogP contribution in [0.15, 0.2) is 24.3 Å². The Kier molecular flexibility index (Phi) is 4.53. The minimum absolute atomic E-state index is 0.0399. The van der Waals surface area contributed by atoms with Crippen molar-refractivity contribution in [1.29, 1.82) is 0 Å². The highest BCUT2D eigenvalue weighted by atomic mass is 19.1. The molecule has 0 aromatic heterocycles. The van der Waals surface area contributed by atoms with Crippen molar-refractivity contribution in [2.45, 2.75) is 20.3 Å². The second-order valence-corrected chi connectivity index (χ2v) is 5.84. The summed E-state index contributed by atoms with van der Waals surface area (Å²) in [5.41, 5.74) is 0.530. The summed E-state index contributed by atoms with van der Waals surface area (Å²) in [6.07, 6.45) is 1.25. The fraction of sp³-hybridized carbons (Fsp3) is 0.533. The summed E-state index contributed by atoms with van der Waals surface area (Å²) in [5, 5.41) is 2.76. The predicted molar refractivity (Wildman–Crippen MR) is 73.5 cm³/mol. The molecule has 1 aromatic carbocycles. The Bertz CT molecular complexity index is 440. The summed E-state index contributed by atoms with van der Waals surface area (Å²) in [6, 6.07) is 6.02. The highest BCUT2D eigenvalue weighted by Gasteiger charge is 2.26. The molecule has 2 N–H and O–H groups in total. The molecule has 2 atom stereocenters. The third-order valence-electron chi connectivity index (χ3n) is 3.60. The number of anilines is 1. The number of hydrogen-bond donors (Lipinski definition) is 2. The monoisotopic (exact) mass is 265 g/mol. The van der Waals surface area contributed by atoms with Crippen molar-refractivity contribution < 1.29 is 14.1 Å². The minimum Gasteiger partial charge on any atom is -0.327 e. The summed E-state index contributed by atoms with van der Waals surface area (Å²) in [5.74, 6) is 0.966. The van der Waals surface area contributed by atoms with E-state index in [9.17, 15) is 9.18 Å². The number of hydrogen-bond acceptors (Lipinski definition) is 1. The van der Waals surface area contributed by atoms with E-state index in [4.69, 9.17) is 0 Å². The second-order valence-electron chi connectivity index (χ2n) is 5.84. The van der Waals surface area contributed by atoms with Crippen LogP contribution in [0, 0.1) is 17.7 Å². The first kappa shape index (κ1) is 14.0. The molecule has 0 saturated carbocycles. The Morgan fingerprint density at radius 2 is 2.05 bits per heavy atom. The molecule has 0 radical (unpaired) electrons. The number of halogens is 1. The first-order valence-electron chi connectivity index (χ1n) is 6.92. The maximum absolute atomic E-state index is 13.0. The smallest absolute Gasteiger partial charge is 0.279 e. The van der Waals surface area contributed by atoms with Crippen LogP contribution >= 0.6 is 0 Å². The molecule has 1 aliphatic rings. The predicted octanol–water partition coefficient (Wildman–Crippen LogP) is 1.33. The third kappa shape index (κ3) is 4.31. The van der Waals surface area contributed by atoms with Crippen molar-refractivity contribution in [2.75, 3.05) is 25.0 Å². The van der Waals surface area contributed by atoms with Gasteiger partial charge in [-0.05, 0) is 24.6 Å². The Labute approximate surface area is 113 Å². The summed E-state index contributed by atoms with van der Waals surface area (Å²) in [4.78, 5) is 13.3. The van der Waals surface area contributed by atoms with Gasteiger partial charge >= 0.3 is 0 Å². The highest BCUT2D eigenvalue weighted by molar-refractivity contribution is 5.91. The zero-order valence-electron chi connectivity index (χ0n) is 11.6. The van der Waals surface area contributed by atoms with E-state index in [1.54, 1.807) is 12.1 Å². The van der Waals surface area contributed by atoms with Gasteiger partial charge in [0.25, 0.3) is 5.91 Å². The van der Waals surface area contributed by atoms with Crippen molar-refractivity contribution in [2.24, 2.45) is 11.8 Å². The Morgan fingerprint density at radius 3 is 2.68 bits per heavy atom. The average Bonchev–Trinajstić information content (AvgIpc) is 2.26. The number of benzene rings is 1. The number of carbonyl (C=O) groups is 1. The van der Waals surface area contributed by atoms with Gasteiger partial charge in [0.1, 0.15) is 5.82 Å². The lowest BCUT2D eigenvalue weighted by Crippen LogP contribution is -3.15. The van der Waals surface area contributed by atoms with Crippen LogP contribution in [0.3, 0.4) is 0 Å². The molecule has 1 fully saturated rings. The molecule has 1 amide bonds. The molecule has 2 rings (SSSR count). The van der Waals surface area contributed by atoms with Crippen LogP contribution in [-0.2, 0) is 4.79 Å². The maximum atomic E-state index is 13.0. The average molecular weight is 265 g/mol. The van der Waals surface area contributed by atoms with E-state index in [0.29, 0.717) is 24.1 Å². The van der Waals surface area contributed by atoms with E-state index in [0.717, 1.165) is 13.1 Å².